The van der Waals surface area contributed by atoms with Crippen molar-refractivity contribution < 1.29 is 0 Å². The molecular formula is C9H10N2. The first-order valence-corrected chi connectivity index (χ1v) is 3.40. The van der Waals surface area contributed by atoms with E-state index in [0.29, 0.717) is 5.71 Å². The van der Waals surface area contributed by atoms with Gasteiger partial charge in [0.05, 0.1) is 5.71 Å². The van der Waals surface area contributed by atoms with Crippen LogP contribution in [0.2, 0.25) is 0 Å². The molecule has 0 atom stereocenters. The lowest BCUT2D eigenvalue weighted by molar-refractivity contribution is 1.43. The molecule has 2 nitrogen and oxygen atoms in total. The molecule has 1 rings (SSSR count). The molecule has 0 fully saturated rings. The standard InChI is InChI=1S/C9H10N2/c1-7-2-3-9(11)8(6-7)4-5-10/h2-6,10-11H,1H3/b8-4-,10-5?,11-9?. The molecule has 0 radical (unpaired) electrons. The van der Waals surface area contributed by atoms with E-state index < -0.39 is 0 Å². The number of hydrogen-bond acceptors (Lipinski definition) is 2. The minimum absolute atomic E-state index is 0.471. The Kier molecular flexibility index (Phi) is 2.16. The summed E-state index contributed by atoms with van der Waals surface area (Å²) in [5.74, 6) is 0. The molecular weight excluding hydrogens is 136 g/mol. The number of rotatable bonds is 1. The Morgan fingerprint density at radius 2 is 2.09 bits per heavy atom. The first kappa shape index (κ1) is 7.66. The van der Waals surface area contributed by atoms with Crippen molar-refractivity contribution in [3.63, 3.8) is 0 Å². The molecule has 0 saturated carbocycles. The predicted octanol–water partition coefficient (Wildman–Crippen LogP) is 2.10. The molecule has 2 N–H and O–H groups in total. The van der Waals surface area contributed by atoms with Gasteiger partial charge in [0.2, 0.25) is 0 Å². The summed E-state index contributed by atoms with van der Waals surface area (Å²) in [5, 5.41) is 14.3. The van der Waals surface area contributed by atoms with Gasteiger partial charge in [-0.05, 0) is 25.2 Å². The molecule has 0 aromatic rings. The second-order valence-corrected chi connectivity index (χ2v) is 2.42. The number of nitrogens with one attached hydrogen (secondary N) is 2. The van der Waals surface area contributed by atoms with Gasteiger partial charge in [-0.2, -0.15) is 0 Å². The average Bonchev–Trinajstić information content (AvgIpc) is 1.98. The van der Waals surface area contributed by atoms with E-state index in [1.54, 1.807) is 12.2 Å². The van der Waals surface area contributed by atoms with Crippen molar-refractivity contribution in [1.29, 1.82) is 10.8 Å². The molecule has 0 heterocycles. The second kappa shape index (κ2) is 3.10. The molecule has 56 valence electrons. The lowest BCUT2D eigenvalue weighted by atomic mass is 10.0. The zero-order valence-corrected chi connectivity index (χ0v) is 6.39. The van der Waals surface area contributed by atoms with Gasteiger partial charge in [0.1, 0.15) is 0 Å². The van der Waals surface area contributed by atoms with E-state index in [9.17, 15) is 0 Å². The molecule has 0 bridgehead atoms. The summed E-state index contributed by atoms with van der Waals surface area (Å²) in [6.07, 6.45) is 8.35. The van der Waals surface area contributed by atoms with Crippen molar-refractivity contribution >= 4 is 11.9 Å². The van der Waals surface area contributed by atoms with Crippen molar-refractivity contribution in [1.82, 2.24) is 0 Å². The summed E-state index contributed by atoms with van der Waals surface area (Å²) in [6.45, 7) is 1.97. The van der Waals surface area contributed by atoms with Crippen molar-refractivity contribution in [2.75, 3.05) is 0 Å². The van der Waals surface area contributed by atoms with Crippen LogP contribution in [0.15, 0.2) is 35.5 Å². The molecule has 1 aliphatic carbocycles. The minimum Gasteiger partial charge on any atom is -0.309 e. The van der Waals surface area contributed by atoms with Crippen molar-refractivity contribution in [3.05, 3.63) is 35.5 Å². The van der Waals surface area contributed by atoms with Gasteiger partial charge in [-0.1, -0.05) is 11.6 Å². The molecule has 0 aliphatic heterocycles. The van der Waals surface area contributed by atoms with Gasteiger partial charge >= 0.3 is 0 Å². The third kappa shape index (κ3) is 1.74. The van der Waals surface area contributed by atoms with E-state index in [2.05, 4.69) is 0 Å². The Labute approximate surface area is 66.0 Å². The smallest absolute Gasteiger partial charge is 0.0612 e. The van der Waals surface area contributed by atoms with Gasteiger partial charge in [0.15, 0.2) is 0 Å². The number of allylic oxidation sites excluding steroid dienone is 6. The Hall–Kier alpha value is -1.44. The molecule has 0 aromatic heterocycles. The summed E-state index contributed by atoms with van der Waals surface area (Å²) >= 11 is 0. The Morgan fingerprint density at radius 3 is 2.73 bits per heavy atom. The molecule has 0 amide bonds. The van der Waals surface area contributed by atoms with Gasteiger partial charge < -0.3 is 10.8 Å². The topological polar surface area (TPSA) is 47.7 Å². The van der Waals surface area contributed by atoms with Crippen LogP contribution in [0, 0.1) is 10.8 Å². The maximum Gasteiger partial charge on any atom is 0.0612 e. The molecule has 11 heavy (non-hydrogen) atoms. The van der Waals surface area contributed by atoms with E-state index in [4.69, 9.17) is 10.8 Å². The van der Waals surface area contributed by atoms with Crippen molar-refractivity contribution in [2.24, 2.45) is 0 Å². The van der Waals surface area contributed by atoms with E-state index in [0.717, 1.165) is 11.1 Å². The van der Waals surface area contributed by atoms with Crippen molar-refractivity contribution in [3.8, 4) is 0 Å². The van der Waals surface area contributed by atoms with Gasteiger partial charge in [0, 0.05) is 11.8 Å². The van der Waals surface area contributed by atoms with Gasteiger partial charge in [-0.3, -0.25) is 0 Å². The molecule has 1 aliphatic rings. The lowest BCUT2D eigenvalue weighted by Crippen LogP contribution is -1.99. The van der Waals surface area contributed by atoms with E-state index in [1.165, 1.54) is 6.21 Å². The Bertz CT molecular complexity index is 280. The zero-order chi connectivity index (χ0) is 8.27. The van der Waals surface area contributed by atoms with Gasteiger partial charge in [-0.25, -0.2) is 0 Å². The second-order valence-electron chi connectivity index (χ2n) is 2.42. The normalized spacial score (nSPS) is 20.3. The summed E-state index contributed by atoms with van der Waals surface area (Å²) in [4.78, 5) is 0. The first-order chi connectivity index (χ1) is 5.24. The highest BCUT2D eigenvalue weighted by molar-refractivity contribution is 6.11. The lowest BCUT2D eigenvalue weighted by Gasteiger charge is -2.05. The van der Waals surface area contributed by atoms with Crippen molar-refractivity contribution in [2.45, 2.75) is 6.92 Å². The van der Waals surface area contributed by atoms with Crippen LogP contribution in [0.3, 0.4) is 0 Å². The molecule has 0 spiro atoms. The van der Waals surface area contributed by atoms with Crippen LogP contribution < -0.4 is 0 Å². The number of hydrogen-bond donors (Lipinski definition) is 2. The van der Waals surface area contributed by atoms with Gasteiger partial charge in [-0.15, -0.1) is 0 Å². The predicted molar refractivity (Wildman–Crippen MR) is 47.5 cm³/mol. The van der Waals surface area contributed by atoms with Crippen LogP contribution in [0.5, 0.6) is 0 Å². The summed E-state index contributed by atoms with van der Waals surface area (Å²) in [5.41, 5.74) is 2.40. The largest absolute Gasteiger partial charge is 0.309 e. The quantitative estimate of drug-likeness (QED) is 0.532. The van der Waals surface area contributed by atoms with E-state index in [1.807, 2.05) is 19.1 Å². The van der Waals surface area contributed by atoms with Crippen LogP contribution in [-0.4, -0.2) is 11.9 Å². The van der Waals surface area contributed by atoms with Crippen LogP contribution in [0.4, 0.5) is 0 Å². The summed E-state index contributed by atoms with van der Waals surface area (Å²) in [6, 6.07) is 0. The third-order valence-corrected chi connectivity index (χ3v) is 1.47. The fourth-order valence-corrected chi connectivity index (χ4v) is 0.910. The molecule has 2 heteroatoms. The highest BCUT2D eigenvalue weighted by atomic mass is 14.4. The van der Waals surface area contributed by atoms with Crippen LogP contribution in [0.25, 0.3) is 0 Å². The fourth-order valence-electron chi connectivity index (χ4n) is 0.910. The summed E-state index contributed by atoms with van der Waals surface area (Å²) < 4.78 is 0. The highest BCUT2D eigenvalue weighted by Crippen LogP contribution is 2.11. The maximum absolute atomic E-state index is 7.44. The molecule has 0 aromatic carbocycles. The monoisotopic (exact) mass is 146 g/mol. The minimum atomic E-state index is 0.471. The Morgan fingerprint density at radius 1 is 1.36 bits per heavy atom. The Balaban J connectivity index is 2.99. The molecule has 0 saturated heterocycles. The average molecular weight is 146 g/mol. The van der Waals surface area contributed by atoms with E-state index in [-0.39, 0.29) is 0 Å². The third-order valence-electron chi connectivity index (χ3n) is 1.47. The first-order valence-electron chi connectivity index (χ1n) is 3.40. The zero-order valence-electron chi connectivity index (χ0n) is 6.39. The summed E-state index contributed by atoms with van der Waals surface area (Å²) in [7, 11) is 0. The van der Waals surface area contributed by atoms with E-state index >= 15 is 0 Å². The van der Waals surface area contributed by atoms with Crippen LogP contribution in [-0.2, 0) is 0 Å². The van der Waals surface area contributed by atoms with Gasteiger partial charge in [0.25, 0.3) is 0 Å². The van der Waals surface area contributed by atoms with Crippen LogP contribution >= 0.6 is 0 Å². The SMILES string of the molecule is CC1=C/C(=C/C=N)C(=N)C=C1. The van der Waals surface area contributed by atoms with Crippen LogP contribution in [0.1, 0.15) is 6.92 Å². The fraction of sp³-hybridized carbons (Fsp3) is 0.111. The molecule has 0 unspecified atom stereocenters. The highest BCUT2D eigenvalue weighted by Gasteiger charge is 2.02. The maximum atomic E-state index is 7.44.